The zero-order valence-electron chi connectivity index (χ0n) is 14.2. The number of rotatable bonds is 5. The van der Waals surface area contributed by atoms with Crippen LogP contribution in [0.3, 0.4) is 0 Å². The highest BCUT2D eigenvalue weighted by Gasteiger charge is 2.30. The molecule has 7 nitrogen and oxygen atoms in total. The van der Waals surface area contributed by atoms with Crippen LogP contribution in [0.1, 0.15) is 17.8 Å². The summed E-state index contributed by atoms with van der Waals surface area (Å²) in [6, 6.07) is 7.54. The first-order valence-electron chi connectivity index (χ1n) is 8.00. The van der Waals surface area contributed by atoms with Crippen molar-refractivity contribution >= 4 is 23.7 Å². The van der Waals surface area contributed by atoms with E-state index in [0.29, 0.717) is 23.9 Å². The maximum absolute atomic E-state index is 11.9. The van der Waals surface area contributed by atoms with E-state index >= 15 is 0 Å². The van der Waals surface area contributed by atoms with Gasteiger partial charge >= 0.3 is 0 Å². The summed E-state index contributed by atoms with van der Waals surface area (Å²) in [6.45, 7) is 0.717. The molecule has 1 aliphatic rings. The Labute approximate surface area is 146 Å². The minimum Gasteiger partial charge on any atom is -0.343 e. The number of Topliss-reactive ketones (excluding diaryl/α,β-unsaturated/α-hetero) is 1. The first kappa shape index (κ1) is 16.8. The molecule has 0 aliphatic carbocycles. The van der Waals surface area contributed by atoms with Crippen molar-refractivity contribution in [2.24, 2.45) is 0 Å². The number of allylic oxidation sites excluding steroid dienone is 1. The van der Waals surface area contributed by atoms with Crippen molar-refractivity contribution in [1.29, 1.82) is 0 Å². The fourth-order valence-electron chi connectivity index (χ4n) is 2.54. The second kappa shape index (κ2) is 7.21. The highest BCUT2D eigenvalue weighted by molar-refractivity contribution is 6.16. The van der Waals surface area contributed by atoms with Crippen LogP contribution in [0.4, 0.5) is 5.95 Å². The van der Waals surface area contributed by atoms with Crippen LogP contribution >= 0.6 is 0 Å². The molecule has 25 heavy (non-hydrogen) atoms. The van der Waals surface area contributed by atoms with Crippen LogP contribution in [0.15, 0.2) is 42.4 Å². The number of carbonyl (C=O) groups excluding carboxylic acids is 2. The lowest BCUT2D eigenvalue weighted by Gasteiger charge is -2.17. The standard InChI is InChI=1S/C18H19N5O2/c1-22(10-7-13-5-3-4-8-19-13)18-20-9-6-14(21-18)11-15-16(24)12-17(25)23(15)2/h3-6,8-9,11H,7,10,12H2,1-2H3/b15-11-. The molecule has 0 spiro atoms. The minimum absolute atomic E-state index is 0.0791. The minimum atomic E-state index is -0.196. The second-order valence-corrected chi connectivity index (χ2v) is 5.86. The maximum atomic E-state index is 11.9. The number of likely N-dealkylation sites (tertiary alicyclic amines) is 1. The van der Waals surface area contributed by atoms with Gasteiger partial charge in [0.1, 0.15) is 0 Å². The molecule has 0 aromatic carbocycles. The number of nitrogens with zero attached hydrogens (tertiary/aromatic N) is 5. The Kier molecular flexibility index (Phi) is 4.83. The third kappa shape index (κ3) is 3.88. The molecule has 2 aromatic rings. The third-order valence-electron chi connectivity index (χ3n) is 4.05. The van der Waals surface area contributed by atoms with E-state index in [0.717, 1.165) is 12.1 Å². The van der Waals surface area contributed by atoms with Gasteiger partial charge in [-0.3, -0.25) is 14.6 Å². The molecule has 1 aliphatic heterocycles. The number of ketones is 1. The molecule has 3 rings (SSSR count). The number of likely N-dealkylation sites (N-methyl/N-ethyl adjacent to an activating group) is 2. The van der Waals surface area contributed by atoms with Crippen LogP contribution < -0.4 is 4.90 Å². The molecule has 1 fully saturated rings. The SMILES string of the molecule is CN1C(=O)CC(=O)/C1=C/c1ccnc(N(C)CCc2ccccn2)n1. The lowest BCUT2D eigenvalue weighted by atomic mass is 10.2. The molecule has 0 bridgehead atoms. The first-order chi connectivity index (χ1) is 12.0. The summed E-state index contributed by atoms with van der Waals surface area (Å²) in [5.74, 6) is 0.180. The molecule has 0 unspecified atom stereocenters. The van der Waals surface area contributed by atoms with E-state index in [2.05, 4.69) is 15.0 Å². The monoisotopic (exact) mass is 337 g/mol. The zero-order valence-corrected chi connectivity index (χ0v) is 14.2. The van der Waals surface area contributed by atoms with Crippen molar-refractivity contribution in [3.8, 4) is 0 Å². The number of carbonyl (C=O) groups is 2. The summed E-state index contributed by atoms with van der Waals surface area (Å²) in [4.78, 5) is 39.8. The van der Waals surface area contributed by atoms with Gasteiger partial charge in [-0.25, -0.2) is 9.97 Å². The normalized spacial score (nSPS) is 15.9. The van der Waals surface area contributed by atoms with Crippen molar-refractivity contribution in [2.75, 3.05) is 25.5 Å². The largest absolute Gasteiger partial charge is 0.343 e. The van der Waals surface area contributed by atoms with Crippen LogP contribution in [-0.2, 0) is 16.0 Å². The number of anilines is 1. The Bertz CT molecular complexity index is 819. The third-order valence-corrected chi connectivity index (χ3v) is 4.05. The van der Waals surface area contributed by atoms with Gasteiger partial charge in [-0.15, -0.1) is 0 Å². The summed E-state index contributed by atoms with van der Waals surface area (Å²) < 4.78 is 0. The van der Waals surface area contributed by atoms with Crippen LogP contribution in [-0.4, -0.2) is 52.2 Å². The Balaban J connectivity index is 1.73. The summed E-state index contributed by atoms with van der Waals surface area (Å²) in [7, 11) is 3.51. The van der Waals surface area contributed by atoms with E-state index in [1.165, 1.54) is 4.90 Å². The Morgan fingerprint density at radius 1 is 1.20 bits per heavy atom. The average Bonchev–Trinajstić information content (AvgIpc) is 2.87. The highest BCUT2D eigenvalue weighted by atomic mass is 16.2. The number of hydrogen-bond acceptors (Lipinski definition) is 6. The van der Waals surface area contributed by atoms with E-state index in [1.807, 2.05) is 30.1 Å². The van der Waals surface area contributed by atoms with Gasteiger partial charge in [0.2, 0.25) is 11.9 Å². The summed E-state index contributed by atoms with van der Waals surface area (Å²) in [6.07, 6.45) is 5.75. The Hall–Kier alpha value is -3.09. The van der Waals surface area contributed by atoms with Crippen LogP contribution in [0, 0.1) is 0 Å². The van der Waals surface area contributed by atoms with E-state index in [4.69, 9.17) is 0 Å². The summed E-state index contributed by atoms with van der Waals surface area (Å²) in [5.41, 5.74) is 1.97. The Morgan fingerprint density at radius 3 is 2.72 bits per heavy atom. The fraction of sp³-hybridized carbons (Fsp3) is 0.278. The van der Waals surface area contributed by atoms with Crippen molar-refractivity contribution in [3.63, 3.8) is 0 Å². The van der Waals surface area contributed by atoms with Crippen LogP contribution in [0.5, 0.6) is 0 Å². The number of amides is 1. The molecular formula is C18H19N5O2. The molecule has 0 saturated carbocycles. The van der Waals surface area contributed by atoms with Gasteiger partial charge < -0.3 is 9.80 Å². The maximum Gasteiger partial charge on any atom is 0.234 e. The van der Waals surface area contributed by atoms with Crippen molar-refractivity contribution in [2.45, 2.75) is 12.8 Å². The molecule has 0 atom stereocenters. The van der Waals surface area contributed by atoms with Gasteiger partial charge in [0.25, 0.3) is 0 Å². The van der Waals surface area contributed by atoms with Crippen molar-refractivity contribution in [1.82, 2.24) is 19.9 Å². The Morgan fingerprint density at radius 2 is 2.04 bits per heavy atom. The molecule has 1 saturated heterocycles. The molecule has 2 aromatic heterocycles. The topological polar surface area (TPSA) is 79.3 Å². The van der Waals surface area contributed by atoms with Gasteiger partial charge in [0.15, 0.2) is 5.78 Å². The first-order valence-corrected chi connectivity index (χ1v) is 8.00. The van der Waals surface area contributed by atoms with Crippen molar-refractivity contribution < 1.29 is 9.59 Å². The summed E-state index contributed by atoms with van der Waals surface area (Å²) >= 11 is 0. The molecule has 0 N–H and O–H groups in total. The number of aromatic nitrogens is 3. The lowest BCUT2D eigenvalue weighted by molar-refractivity contribution is -0.126. The molecule has 1 amide bonds. The molecule has 3 heterocycles. The lowest BCUT2D eigenvalue weighted by Crippen LogP contribution is -2.23. The van der Waals surface area contributed by atoms with E-state index < -0.39 is 0 Å². The van der Waals surface area contributed by atoms with Crippen LogP contribution in [0.25, 0.3) is 6.08 Å². The summed E-state index contributed by atoms with van der Waals surface area (Å²) in [5, 5.41) is 0. The van der Waals surface area contributed by atoms with E-state index in [-0.39, 0.29) is 18.1 Å². The molecular weight excluding hydrogens is 318 g/mol. The van der Waals surface area contributed by atoms with Gasteiger partial charge in [-0.05, 0) is 24.3 Å². The second-order valence-electron chi connectivity index (χ2n) is 5.86. The van der Waals surface area contributed by atoms with Crippen molar-refractivity contribution in [3.05, 3.63) is 53.7 Å². The fourth-order valence-corrected chi connectivity index (χ4v) is 2.54. The molecule has 7 heteroatoms. The highest BCUT2D eigenvalue weighted by Crippen LogP contribution is 2.19. The van der Waals surface area contributed by atoms with E-state index in [9.17, 15) is 9.59 Å². The predicted molar refractivity (Wildman–Crippen MR) is 93.6 cm³/mol. The smallest absolute Gasteiger partial charge is 0.234 e. The quantitative estimate of drug-likeness (QED) is 0.605. The van der Waals surface area contributed by atoms with E-state index in [1.54, 1.807) is 31.6 Å². The predicted octanol–water partition coefficient (Wildman–Crippen LogP) is 1.32. The zero-order chi connectivity index (χ0) is 17.8. The van der Waals surface area contributed by atoms with Gasteiger partial charge in [-0.2, -0.15) is 0 Å². The molecule has 0 radical (unpaired) electrons. The van der Waals surface area contributed by atoms with Gasteiger partial charge in [-0.1, -0.05) is 6.07 Å². The average molecular weight is 337 g/mol. The number of pyridine rings is 1. The van der Waals surface area contributed by atoms with Gasteiger partial charge in [0.05, 0.1) is 17.8 Å². The van der Waals surface area contributed by atoms with Crippen LogP contribution in [0.2, 0.25) is 0 Å². The number of hydrogen-bond donors (Lipinski definition) is 0. The molecule has 128 valence electrons. The van der Waals surface area contributed by atoms with Gasteiger partial charge in [0, 0.05) is 45.1 Å².